The zero-order valence-corrected chi connectivity index (χ0v) is 15.6. The van der Waals surface area contributed by atoms with Gasteiger partial charge in [-0.25, -0.2) is 4.79 Å². The highest BCUT2D eigenvalue weighted by Gasteiger charge is 2.34. The van der Waals surface area contributed by atoms with Gasteiger partial charge in [0, 0.05) is 26.1 Å². The van der Waals surface area contributed by atoms with Crippen molar-refractivity contribution in [1.29, 1.82) is 0 Å². The molecule has 1 aliphatic heterocycles. The summed E-state index contributed by atoms with van der Waals surface area (Å²) in [4.78, 5) is 37.2. The van der Waals surface area contributed by atoms with Crippen LogP contribution in [0.1, 0.15) is 27.9 Å². The van der Waals surface area contributed by atoms with Crippen LogP contribution >= 0.6 is 0 Å². The number of benzene rings is 2. The summed E-state index contributed by atoms with van der Waals surface area (Å²) < 4.78 is 5.13. The van der Waals surface area contributed by atoms with Crippen molar-refractivity contribution in [2.75, 3.05) is 13.7 Å². The van der Waals surface area contributed by atoms with Crippen LogP contribution in [0.25, 0.3) is 0 Å². The van der Waals surface area contributed by atoms with Gasteiger partial charge in [-0.15, -0.1) is 0 Å². The Hall–Kier alpha value is -3.35. The van der Waals surface area contributed by atoms with Gasteiger partial charge in [-0.3, -0.25) is 9.59 Å². The Kier molecular flexibility index (Phi) is 5.93. The second-order valence-electron chi connectivity index (χ2n) is 6.74. The van der Waals surface area contributed by atoms with E-state index in [9.17, 15) is 14.4 Å². The van der Waals surface area contributed by atoms with Crippen molar-refractivity contribution in [2.45, 2.75) is 19.5 Å². The number of methoxy groups -OCH3 is 1. The molecule has 0 saturated carbocycles. The molecule has 1 atom stereocenters. The van der Waals surface area contributed by atoms with Crippen molar-refractivity contribution in [1.82, 2.24) is 10.2 Å². The van der Waals surface area contributed by atoms with Crippen LogP contribution in [-0.4, -0.2) is 41.4 Å². The molecule has 2 aromatic rings. The predicted molar refractivity (Wildman–Crippen MR) is 102 cm³/mol. The summed E-state index contributed by atoms with van der Waals surface area (Å²) in [6.45, 7) is 1.14. The minimum atomic E-state index is -0.989. The molecule has 0 aliphatic carbocycles. The van der Waals surface area contributed by atoms with Gasteiger partial charge in [-0.2, -0.15) is 0 Å². The smallest absolute Gasteiger partial charge is 0.335 e. The number of hydrogen-bond donors (Lipinski definition) is 2. The molecule has 1 heterocycles. The highest BCUT2D eigenvalue weighted by Crippen LogP contribution is 2.21. The second-order valence-corrected chi connectivity index (χ2v) is 6.74. The van der Waals surface area contributed by atoms with Gasteiger partial charge in [0.1, 0.15) is 5.75 Å². The van der Waals surface area contributed by atoms with E-state index < -0.39 is 5.97 Å². The van der Waals surface area contributed by atoms with E-state index in [1.165, 1.54) is 12.1 Å². The third-order valence-electron chi connectivity index (χ3n) is 4.79. The summed E-state index contributed by atoms with van der Waals surface area (Å²) in [6.07, 6.45) is 0.194. The number of carboxylic acid groups (broad SMARTS) is 1. The Morgan fingerprint density at radius 2 is 1.75 bits per heavy atom. The molecule has 7 nitrogen and oxygen atoms in total. The third kappa shape index (κ3) is 4.68. The number of hydrogen-bond acceptors (Lipinski definition) is 4. The first-order chi connectivity index (χ1) is 13.5. The molecule has 0 aromatic heterocycles. The lowest BCUT2D eigenvalue weighted by atomic mass is 10.1. The van der Waals surface area contributed by atoms with E-state index in [1.54, 1.807) is 24.1 Å². The monoisotopic (exact) mass is 382 g/mol. The standard InChI is InChI=1S/C21H22N2O5/c1-28-18-8-4-15(5-9-18)12-23-13-17(10-19(23)24)20(25)22-11-14-2-6-16(7-3-14)21(26)27/h2-9,17H,10-13H2,1H3,(H,22,25)(H,26,27). The van der Waals surface area contributed by atoms with Gasteiger partial charge >= 0.3 is 5.97 Å². The van der Waals surface area contributed by atoms with Crippen molar-refractivity contribution in [3.63, 3.8) is 0 Å². The molecule has 3 rings (SSSR count). The number of carbonyl (C=O) groups excluding carboxylic acids is 2. The van der Waals surface area contributed by atoms with E-state index in [4.69, 9.17) is 9.84 Å². The fourth-order valence-electron chi connectivity index (χ4n) is 3.15. The van der Waals surface area contributed by atoms with E-state index in [0.717, 1.165) is 16.9 Å². The molecule has 0 bridgehead atoms. The second kappa shape index (κ2) is 8.56. The number of carboxylic acids is 1. The highest BCUT2D eigenvalue weighted by molar-refractivity contribution is 5.89. The Balaban J connectivity index is 1.52. The Bertz CT molecular complexity index is 861. The van der Waals surface area contributed by atoms with E-state index in [-0.39, 0.29) is 29.7 Å². The summed E-state index contributed by atoms with van der Waals surface area (Å²) in [7, 11) is 1.60. The van der Waals surface area contributed by atoms with Crippen LogP contribution in [0.15, 0.2) is 48.5 Å². The van der Waals surface area contributed by atoms with Gasteiger partial charge in [0.05, 0.1) is 18.6 Å². The van der Waals surface area contributed by atoms with Gasteiger partial charge < -0.3 is 20.1 Å². The van der Waals surface area contributed by atoms with E-state index in [1.807, 2.05) is 24.3 Å². The minimum absolute atomic E-state index is 0.0400. The van der Waals surface area contributed by atoms with E-state index in [2.05, 4.69) is 5.32 Å². The van der Waals surface area contributed by atoms with Gasteiger partial charge in [-0.1, -0.05) is 24.3 Å². The minimum Gasteiger partial charge on any atom is -0.497 e. The number of nitrogens with zero attached hydrogens (tertiary/aromatic N) is 1. The van der Waals surface area contributed by atoms with Crippen LogP contribution < -0.4 is 10.1 Å². The third-order valence-corrected chi connectivity index (χ3v) is 4.79. The molecule has 28 heavy (non-hydrogen) atoms. The van der Waals surface area contributed by atoms with Gasteiger partial charge in [-0.05, 0) is 35.4 Å². The first-order valence-corrected chi connectivity index (χ1v) is 8.97. The molecule has 2 aromatic carbocycles. The zero-order chi connectivity index (χ0) is 20.1. The summed E-state index contributed by atoms with van der Waals surface area (Å²) >= 11 is 0. The topological polar surface area (TPSA) is 95.9 Å². The van der Waals surface area contributed by atoms with Crippen molar-refractivity contribution in [2.24, 2.45) is 5.92 Å². The first-order valence-electron chi connectivity index (χ1n) is 8.97. The number of carbonyl (C=O) groups is 3. The van der Waals surface area contributed by atoms with Gasteiger partial charge in [0.2, 0.25) is 11.8 Å². The van der Waals surface area contributed by atoms with Gasteiger partial charge in [0.25, 0.3) is 0 Å². The molecular weight excluding hydrogens is 360 g/mol. The van der Waals surface area contributed by atoms with Crippen LogP contribution in [0.4, 0.5) is 0 Å². The summed E-state index contributed by atoms with van der Waals surface area (Å²) in [5.74, 6) is -0.833. The lowest BCUT2D eigenvalue weighted by Gasteiger charge is -2.17. The first kappa shape index (κ1) is 19.4. The van der Waals surface area contributed by atoms with Crippen LogP contribution in [0.3, 0.4) is 0 Å². The van der Waals surface area contributed by atoms with E-state index >= 15 is 0 Å². The molecular formula is C21H22N2O5. The fraction of sp³-hybridized carbons (Fsp3) is 0.286. The molecule has 1 unspecified atom stereocenters. The van der Waals surface area contributed by atoms with Crippen molar-refractivity contribution in [3.05, 3.63) is 65.2 Å². The summed E-state index contributed by atoms with van der Waals surface area (Å²) in [5.41, 5.74) is 1.98. The number of likely N-dealkylation sites (tertiary alicyclic amines) is 1. The molecule has 1 aliphatic rings. The molecule has 0 radical (unpaired) electrons. The molecule has 2 N–H and O–H groups in total. The lowest BCUT2D eigenvalue weighted by Crippen LogP contribution is -2.32. The van der Waals surface area contributed by atoms with Gasteiger partial charge in [0.15, 0.2) is 0 Å². The maximum atomic E-state index is 12.4. The van der Waals surface area contributed by atoms with Crippen LogP contribution in [0, 0.1) is 5.92 Å². The normalized spacial score (nSPS) is 16.1. The maximum absolute atomic E-state index is 12.4. The fourth-order valence-corrected chi connectivity index (χ4v) is 3.15. The molecule has 7 heteroatoms. The van der Waals surface area contributed by atoms with Crippen LogP contribution in [-0.2, 0) is 22.7 Å². The van der Waals surface area contributed by atoms with Crippen LogP contribution in [0.5, 0.6) is 5.75 Å². The Labute approximate surface area is 162 Å². The predicted octanol–water partition coefficient (Wildman–Crippen LogP) is 2.06. The Morgan fingerprint density at radius 1 is 1.11 bits per heavy atom. The number of aromatic carboxylic acids is 1. The quantitative estimate of drug-likeness (QED) is 0.764. The molecule has 0 spiro atoms. The van der Waals surface area contributed by atoms with Crippen molar-refractivity contribution >= 4 is 17.8 Å². The van der Waals surface area contributed by atoms with Crippen molar-refractivity contribution in [3.8, 4) is 5.75 Å². The molecule has 1 saturated heterocycles. The molecule has 146 valence electrons. The Morgan fingerprint density at radius 3 is 2.36 bits per heavy atom. The average Bonchev–Trinajstić information content (AvgIpc) is 3.07. The SMILES string of the molecule is COc1ccc(CN2CC(C(=O)NCc3ccc(C(=O)O)cc3)CC2=O)cc1. The number of ether oxygens (including phenoxy) is 1. The molecule has 1 fully saturated rings. The van der Waals surface area contributed by atoms with Crippen LogP contribution in [0.2, 0.25) is 0 Å². The summed E-state index contributed by atoms with van der Waals surface area (Å²) in [5, 5.41) is 11.7. The number of amides is 2. The summed E-state index contributed by atoms with van der Waals surface area (Å²) in [6, 6.07) is 13.8. The number of rotatable bonds is 7. The average molecular weight is 382 g/mol. The largest absolute Gasteiger partial charge is 0.497 e. The van der Waals surface area contributed by atoms with E-state index in [0.29, 0.717) is 19.6 Å². The zero-order valence-electron chi connectivity index (χ0n) is 15.6. The lowest BCUT2D eigenvalue weighted by molar-refractivity contribution is -0.129. The highest BCUT2D eigenvalue weighted by atomic mass is 16.5. The maximum Gasteiger partial charge on any atom is 0.335 e. The number of nitrogens with one attached hydrogen (secondary N) is 1. The molecule has 2 amide bonds. The van der Waals surface area contributed by atoms with Crippen molar-refractivity contribution < 1.29 is 24.2 Å².